The molecule has 146 valence electrons. The van der Waals surface area contributed by atoms with Gasteiger partial charge in [-0.2, -0.15) is 5.26 Å². The molecule has 0 heterocycles. The quantitative estimate of drug-likeness (QED) is 0.378. The van der Waals surface area contributed by atoms with Crippen molar-refractivity contribution in [3.05, 3.63) is 107 Å². The van der Waals surface area contributed by atoms with Crippen LogP contribution in [0.25, 0.3) is 5.70 Å². The maximum absolute atomic E-state index is 12.1. The van der Waals surface area contributed by atoms with Crippen LogP contribution >= 0.6 is 0 Å². The Balaban J connectivity index is 2.01. The molecule has 0 aliphatic rings. The van der Waals surface area contributed by atoms with E-state index in [9.17, 15) is 10.1 Å². The number of carbonyl (C=O) groups is 1. The van der Waals surface area contributed by atoms with Crippen LogP contribution in [0.5, 0.6) is 0 Å². The number of hydrogen-bond donors (Lipinski definition) is 1. The molecule has 0 fully saturated rings. The van der Waals surface area contributed by atoms with Gasteiger partial charge < -0.3 is 10.1 Å². The van der Waals surface area contributed by atoms with E-state index < -0.39 is 5.97 Å². The van der Waals surface area contributed by atoms with Crippen molar-refractivity contribution in [1.82, 2.24) is 0 Å². The van der Waals surface area contributed by atoms with Gasteiger partial charge in [0.25, 0.3) is 0 Å². The maximum Gasteiger partial charge on any atom is 0.332 e. The second-order valence-corrected chi connectivity index (χ2v) is 6.29. The van der Waals surface area contributed by atoms with E-state index in [0.717, 1.165) is 11.1 Å². The first-order chi connectivity index (χ1) is 14.7. The molecular formula is C26H20N2O2. The van der Waals surface area contributed by atoms with Crippen LogP contribution in [0.1, 0.15) is 29.2 Å². The Morgan fingerprint density at radius 2 is 1.67 bits per heavy atom. The van der Waals surface area contributed by atoms with Gasteiger partial charge in [-0.1, -0.05) is 60.4 Å². The second-order valence-electron chi connectivity index (χ2n) is 6.29. The maximum atomic E-state index is 12.1. The first-order valence-corrected chi connectivity index (χ1v) is 9.51. The molecule has 30 heavy (non-hydrogen) atoms. The molecule has 0 aliphatic carbocycles. The summed E-state index contributed by atoms with van der Waals surface area (Å²) in [5.74, 6) is 5.81. The van der Waals surface area contributed by atoms with E-state index in [1.807, 2.05) is 60.7 Å². The molecule has 0 aliphatic heterocycles. The Morgan fingerprint density at radius 1 is 0.967 bits per heavy atom. The molecule has 0 unspecified atom stereocenters. The van der Waals surface area contributed by atoms with Crippen molar-refractivity contribution in [2.45, 2.75) is 6.92 Å². The van der Waals surface area contributed by atoms with Crippen molar-refractivity contribution in [2.75, 3.05) is 11.9 Å². The zero-order valence-electron chi connectivity index (χ0n) is 16.6. The number of anilines is 1. The largest absolute Gasteiger partial charge is 0.463 e. The van der Waals surface area contributed by atoms with E-state index in [2.05, 4.69) is 23.2 Å². The second kappa shape index (κ2) is 10.3. The van der Waals surface area contributed by atoms with E-state index in [0.29, 0.717) is 29.1 Å². The number of esters is 1. The fraction of sp³-hybridized carbons (Fsp3) is 0.0769. The number of carbonyl (C=O) groups excluding carboxylic acids is 1. The lowest BCUT2D eigenvalue weighted by atomic mass is 10.1. The van der Waals surface area contributed by atoms with Crippen LogP contribution < -0.4 is 5.32 Å². The van der Waals surface area contributed by atoms with Crippen LogP contribution in [0.2, 0.25) is 0 Å². The summed E-state index contributed by atoms with van der Waals surface area (Å²) in [6.45, 7) is 2.06. The number of nitriles is 1. The normalized spacial score (nSPS) is 10.3. The molecule has 3 rings (SSSR count). The van der Waals surface area contributed by atoms with Gasteiger partial charge in [0, 0.05) is 17.2 Å². The van der Waals surface area contributed by atoms with Crippen molar-refractivity contribution >= 4 is 17.4 Å². The first-order valence-electron chi connectivity index (χ1n) is 9.51. The van der Waals surface area contributed by atoms with E-state index >= 15 is 0 Å². The predicted octanol–water partition coefficient (Wildman–Crippen LogP) is 4.97. The standard InChI is InChI=1S/C26H20N2O2/c1-2-30-26(29)18-25(22-11-7-4-8-12-22)28-24-16-14-21(19-27)17-23(24)15-13-20-9-5-3-6-10-20/h3-12,14,16-18,28H,2H2,1H3/b25-18-. The number of rotatable bonds is 5. The van der Waals surface area contributed by atoms with Gasteiger partial charge >= 0.3 is 5.97 Å². The van der Waals surface area contributed by atoms with Crippen LogP contribution in [0.4, 0.5) is 5.69 Å². The van der Waals surface area contributed by atoms with Crippen LogP contribution in [-0.2, 0) is 9.53 Å². The summed E-state index contributed by atoms with van der Waals surface area (Å²) in [5, 5.41) is 12.6. The highest BCUT2D eigenvalue weighted by atomic mass is 16.5. The Bertz CT molecular complexity index is 1150. The number of benzene rings is 3. The summed E-state index contributed by atoms with van der Waals surface area (Å²) >= 11 is 0. The summed E-state index contributed by atoms with van der Waals surface area (Å²) in [7, 11) is 0. The van der Waals surface area contributed by atoms with E-state index in [1.54, 1.807) is 25.1 Å². The van der Waals surface area contributed by atoms with Crippen molar-refractivity contribution in [3.63, 3.8) is 0 Å². The topological polar surface area (TPSA) is 62.1 Å². The number of hydrogen-bond acceptors (Lipinski definition) is 4. The Morgan fingerprint density at radius 3 is 2.33 bits per heavy atom. The first kappa shape index (κ1) is 20.5. The van der Waals surface area contributed by atoms with Gasteiger partial charge in [-0.05, 0) is 42.8 Å². The number of nitrogens with zero attached hydrogens (tertiary/aromatic N) is 1. The monoisotopic (exact) mass is 392 g/mol. The highest BCUT2D eigenvalue weighted by Crippen LogP contribution is 2.23. The lowest BCUT2D eigenvalue weighted by Gasteiger charge is -2.13. The molecule has 0 saturated carbocycles. The van der Waals surface area contributed by atoms with Crippen LogP contribution in [0.15, 0.2) is 84.9 Å². The lowest BCUT2D eigenvalue weighted by molar-refractivity contribution is -0.137. The molecule has 3 aromatic carbocycles. The van der Waals surface area contributed by atoms with Crippen LogP contribution in [0, 0.1) is 23.2 Å². The van der Waals surface area contributed by atoms with Crippen molar-refractivity contribution < 1.29 is 9.53 Å². The van der Waals surface area contributed by atoms with Crippen LogP contribution in [-0.4, -0.2) is 12.6 Å². The molecule has 1 N–H and O–H groups in total. The Labute approximate surface area is 176 Å². The minimum atomic E-state index is -0.436. The molecular weight excluding hydrogens is 372 g/mol. The number of ether oxygens (including phenoxy) is 1. The van der Waals surface area contributed by atoms with Gasteiger partial charge in [-0.3, -0.25) is 0 Å². The fourth-order valence-electron chi connectivity index (χ4n) is 2.74. The summed E-state index contributed by atoms with van der Waals surface area (Å²) in [6, 6.07) is 26.5. The zero-order valence-corrected chi connectivity index (χ0v) is 16.6. The average Bonchev–Trinajstić information content (AvgIpc) is 2.79. The zero-order chi connectivity index (χ0) is 21.2. The molecule has 3 aromatic rings. The molecule has 0 bridgehead atoms. The summed E-state index contributed by atoms with van der Waals surface area (Å²) in [4.78, 5) is 12.1. The predicted molar refractivity (Wildman–Crippen MR) is 118 cm³/mol. The highest BCUT2D eigenvalue weighted by Gasteiger charge is 2.09. The Kier molecular flexibility index (Phi) is 7.03. The summed E-state index contributed by atoms with van der Waals surface area (Å²) in [5.41, 5.74) is 4.14. The molecule has 0 spiro atoms. The average molecular weight is 392 g/mol. The van der Waals surface area contributed by atoms with Crippen molar-refractivity contribution in [1.29, 1.82) is 5.26 Å². The summed E-state index contributed by atoms with van der Waals surface area (Å²) < 4.78 is 5.08. The van der Waals surface area contributed by atoms with Crippen molar-refractivity contribution in [2.24, 2.45) is 0 Å². The molecule has 0 aromatic heterocycles. The molecule has 0 radical (unpaired) electrons. The molecule has 0 saturated heterocycles. The highest BCUT2D eigenvalue weighted by molar-refractivity contribution is 5.95. The minimum absolute atomic E-state index is 0.294. The molecule has 0 amide bonds. The third-order valence-electron chi connectivity index (χ3n) is 4.17. The molecule has 0 atom stereocenters. The van der Waals surface area contributed by atoms with Gasteiger partial charge in [0.05, 0.1) is 29.6 Å². The SMILES string of the molecule is CCOC(=O)/C=C(\Nc1ccc(C#N)cc1C#Cc1ccccc1)c1ccccc1. The molecule has 4 heteroatoms. The number of nitrogens with one attached hydrogen (secondary N) is 1. The van der Waals surface area contributed by atoms with Gasteiger partial charge in [0.15, 0.2) is 0 Å². The van der Waals surface area contributed by atoms with Crippen LogP contribution in [0.3, 0.4) is 0 Å². The third-order valence-corrected chi connectivity index (χ3v) is 4.17. The minimum Gasteiger partial charge on any atom is -0.463 e. The smallest absolute Gasteiger partial charge is 0.332 e. The molecule has 4 nitrogen and oxygen atoms in total. The third kappa shape index (κ3) is 5.61. The van der Waals surface area contributed by atoms with Crippen molar-refractivity contribution in [3.8, 4) is 17.9 Å². The summed E-state index contributed by atoms with van der Waals surface area (Å²) in [6.07, 6.45) is 1.42. The van der Waals surface area contributed by atoms with E-state index in [-0.39, 0.29) is 0 Å². The van der Waals surface area contributed by atoms with E-state index in [4.69, 9.17) is 4.74 Å². The van der Waals surface area contributed by atoms with Gasteiger partial charge in [0.2, 0.25) is 0 Å². The van der Waals surface area contributed by atoms with Gasteiger partial charge in [0.1, 0.15) is 0 Å². The van der Waals surface area contributed by atoms with E-state index in [1.165, 1.54) is 6.08 Å². The van der Waals surface area contributed by atoms with Gasteiger partial charge in [-0.25, -0.2) is 4.79 Å². The fourth-order valence-corrected chi connectivity index (χ4v) is 2.74. The van der Waals surface area contributed by atoms with Gasteiger partial charge in [-0.15, -0.1) is 0 Å². The lowest BCUT2D eigenvalue weighted by Crippen LogP contribution is -2.07. The Hall–Kier alpha value is -4.28.